The van der Waals surface area contributed by atoms with E-state index in [0.717, 1.165) is 25.2 Å². The van der Waals surface area contributed by atoms with E-state index < -0.39 is 6.36 Å². The molecule has 1 aliphatic heterocycles. The van der Waals surface area contributed by atoms with Crippen LogP contribution in [0.3, 0.4) is 0 Å². The molecule has 6 heteroatoms. The van der Waals surface area contributed by atoms with Crippen LogP contribution >= 0.6 is 0 Å². The fourth-order valence-electron chi connectivity index (χ4n) is 4.08. The van der Waals surface area contributed by atoms with Crippen LogP contribution in [-0.4, -0.2) is 25.5 Å². The summed E-state index contributed by atoms with van der Waals surface area (Å²) in [5.41, 5.74) is 2.00. The number of hydrogen-bond donors (Lipinski definition) is 1. The molecule has 0 aliphatic carbocycles. The third-order valence-corrected chi connectivity index (χ3v) is 5.38. The fourth-order valence-corrected chi connectivity index (χ4v) is 4.08. The first kappa shape index (κ1) is 19.6. The van der Waals surface area contributed by atoms with Crippen molar-refractivity contribution in [1.29, 1.82) is 0 Å². The molecular weight excluding hydrogens is 377 g/mol. The Labute approximate surface area is 168 Å². The molecule has 3 aromatic carbocycles. The standard InChI is InChI=1S/C23H23F3N2O/c1-16(21-11-4-7-17-6-2-3-10-22(17)21)27-18-12-13-28(15-18)19-8-5-9-20(14-19)29-23(24,25)26/h2-11,14,16,18,27H,12-13,15H2,1H3/t16-,18-/m1/s1. The van der Waals surface area contributed by atoms with E-state index in [2.05, 4.69) is 52.2 Å². The highest BCUT2D eigenvalue weighted by atomic mass is 19.4. The second kappa shape index (κ2) is 7.95. The van der Waals surface area contributed by atoms with Crippen molar-refractivity contribution < 1.29 is 17.9 Å². The molecule has 1 aliphatic rings. The number of nitrogens with one attached hydrogen (secondary N) is 1. The molecule has 0 bridgehead atoms. The second-order valence-corrected chi connectivity index (χ2v) is 7.43. The highest BCUT2D eigenvalue weighted by Gasteiger charge is 2.31. The first-order chi connectivity index (χ1) is 13.9. The van der Waals surface area contributed by atoms with Gasteiger partial charge in [-0.25, -0.2) is 0 Å². The van der Waals surface area contributed by atoms with E-state index in [1.807, 2.05) is 18.2 Å². The van der Waals surface area contributed by atoms with Gasteiger partial charge in [0.25, 0.3) is 0 Å². The molecule has 1 heterocycles. The van der Waals surface area contributed by atoms with Gasteiger partial charge in [0.1, 0.15) is 5.75 Å². The highest BCUT2D eigenvalue weighted by Crippen LogP contribution is 2.30. The third kappa shape index (κ3) is 4.65. The van der Waals surface area contributed by atoms with E-state index in [1.54, 1.807) is 6.07 Å². The largest absolute Gasteiger partial charge is 0.573 e. The van der Waals surface area contributed by atoms with Gasteiger partial charge in [-0.2, -0.15) is 0 Å². The molecule has 1 saturated heterocycles. The highest BCUT2D eigenvalue weighted by molar-refractivity contribution is 5.86. The van der Waals surface area contributed by atoms with Crippen molar-refractivity contribution in [1.82, 2.24) is 5.32 Å². The Morgan fingerprint density at radius 2 is 1.79 bits per heavy atom. The van der Waals surface area contributed by atoms with Gasteiger partial charge in [-0.05, 0) is 41.8 Å². The molecule has 29 heavy (non-hydrogen) atoms. The van der Waals surface area contributed by atoms with Gasteiger partial charge in [0.05, 0.1) is 0 Å². The molecule has 4 rings (SSSR count). The number of nitrogens with zero attached hydrogens (tertiary/aromatic N) is 1. The molecule has 3 nitrogen and oxygen atoms in total. The number of rotatable bonds is 5. The minimum atomic E-state index is -4.68. The monoisotopic (exact) mass is 400 g/mol. The maximum Gasteiger partial charge on any atom is 0.573 e. The number of halogens is 3. The van der Waals surface area contributed by atoms with Gasteiger partial charge in [-0.1, -0.05) is 48.5 Å². The predicted molar refractivity (Wildman–Crippen MR) is 109 cm³/mol. The van der Waals surface area contributed by atoms with Crippen LogP contribution in [0.25, 0.3) is 10.8 Å². The van der Waals surface area contributed by atoms with E-state index in [9.17, 15) is 13.2 Å². The number of fused-ring (bicyclic) bond motifs is 1. The lowest BCUT2D eigenvalue weighted by Gasteiger charge is -2.23. The van der Waals surface area contributed by atoms with Gasteiger partial charge in [0, 0.05) is 36.9 Å². The lowest BCUT2D eigenvalue weighted by Crippen LogP contribution is -2.34. The zero-order valence-corrected chi connectivity index (χ0v) is 16.1. The van der Waals surface area contributed by atoms with Crippen molar-refractivity contribution in [2.75, 3.05) is 18.0 Å². The predicted octanol–water partition coefficient (Wildman–Crippen LogP) is 5.67. The van der Waals surface area contributed by atoms with Crippen molar-refractivity contribution in [3.05, 3.63) is 72.3 Å². The Hall–Kier alpha value is -2.73. The Morgan fingerprint density at radius 3 is 2.62 bits per heavy atom. The van der Waals surface area contributed by atoms with E-state index in [4.69, 9.17) is 0 Å². The zero-order valence-electron chi connectivity index (χ0n) is 16.1. The Balaban J connectivity index is 1.43. The van der Waals surface area contributed by atoms with Gasteiger partial charge in [-0.15, -0.1) is 13.2 Å². The molecule has 3 aromatic rings. The smallest absolute Gasteiger partial charge is 0.406 e. The molecule has 1 N–H and O–H groups in total. The van der Waals surface area contributed by atoms with E-state index in [-0.39, 0.29) is 17.8 Å². The summed E-state index contributed by atoms with van der Waals surface area (Å²) < 4.78 is 41.5. The van der Waals surface area contributed by atoms with E-state index in [0.29, 0.717) is 0 Å². The number of hydrogen-bond acceptors (Lipinski definition) is 3. The lowest BCUT2D eigenvalue weighted by molar-refractivity contribution is -0.274. The molecular formula is C23H23F3N2O. The Bertz CT molecular complexity index is 984. The van der Waals surface area contributed by atoms with Gasteiger partial charge >= 0.3 is 6.36 Å². The van der Waals surface area contributed by atoms with Crippen molar-refractivity contribution in [3.8, 4) is 5.75 Å². The summed E-state index contributed by atoms with van der Waals surface area (Å²) in [5.74, 6) is -0.185. The van der Waals surface area contributed by atoms with Crippen molar-refractivity contribution >= 4 is 16.5 Å². The van der Waals surface area contributed by atoms with Gasteiger partial charge in [0.2, 0.25) is 0 Å². The van der Waals surface area contributed by atoms with Gasteiger partial charge < -0.3 is 15.0 Å². The fraction of sp³-hybridized carbons (Fsp3) is 0.304. The summed E-state index contributed by atoms with van der Waals surface area (Å²) in [5, 5.41) is 6.14. The van der Waals surface area contributed by atoms with Crippen LogP contribution in [-0.2, 0) is 0 Å². The SMILES string of the molecule is C[C@@H](N[C@@H]1CCN(c2cccc(OC(F)(F)F)c2)C1)c1cccc2ccccc12. The number of benzene rings is 3. The molecule has 0 saturated carbocycles. The lowest BCUT2D eigenvalue weighted by atomic mass is 9.99. The quantitative estimate of drug-likeness (QED) is 0.597. The molecule has 0 unspecified atom stereocenters. The van der Waals surface area contributed by atoms with Crippen LogP contribution in [0.2, 0.25) is 0 Å². The van der Waals surface area contributed by atoms with Crippen LogP contribution in [0.15, 0.2) is 66.7 Å². The van der Waals surface area contributed by atoms with E-state index in [1.165, 1.54) is 28.5 Å². The molecule has 0 aromatic heterocycles. The Kier molecular flexibility index (Phi) is 5.37. The van der Waals surface area contributed by atoms with Gasteiger partial charge in [0.15, 0.2) is 0 Å². The van der Waals surface area contributed by atoms with Crippen molar-refractivity contribution in [3.63, 3.8) is 0 Å². The van der Waals surface area contributed by atoms with Crippen molar-refractivity contribution in [2.45, 2.75) is 31.8 Å². The summed E-state index contributed by atoms with van der Waals surface area (Å²) in [6.45, 7) is 3.68. The second-order valence-electron chi connectivity index (χ2n) is 7.43. The van der Waals surface area contributed by atoms with Crippen molar-refractivity contribution in [2.24, 2.45) is 0 Å². The van der Waals surface area contributed by atoms with Gasteiger partial charge in [-0.3, -0.25) is 0 Å². The van der Waals surface area contributed by atoms with Crippen LogP contribution in [0.4, 0.5) is 18.9 Å². The summed E-state index contributed by atoms with van der Waals surface area (Å²) in [6.07, 6.45) is -3.75. The minimum Gasteiger partial charge on any atom is -0.406 e. The van der Waals surface area contributed by atoms with Crippen LogP contribution < -0.4 is 15.0 Å². The van der Waals surface area contributed by atoms with Crippen LogP contribution in [0, 0.1) is 0 Å². The number of anilines is 1. The zero-order chi connectivity index (χ0) is 20.4. The summed E-state index contributed by atoms with van der Waals surface area (Å²) in [7, 11) is 0. The summed E-state index contributed by atoms with van der Waals surface area (Å²) in [4.78, 5) is 2.09. The maximum absolute atomic E-state index is 12.5. The van der Waals surface area contributed by atoms with E-state index >= 15 is 0 Å². The molecule has 0 amide bonds. The summed E-state index contributed by atoms with van der Waals surface area (Å²) in [6, 6.07) is 21.3. The normalized spacial score (nSPS) is 18.2. The summed E-state index contributed by atoms with van der Waals surface area (Å²) >= 11 is 0. The topological polar surface area (TPSA) is 24.5 Å². The average molecular weight is 400 g/mol. The van der Waals surface area contributed by atoms with Crippen LogP contribution in [0.5, 0.6) is 5.75 Å². The maximum atomic E-state index is 12.5. The minimum absolute atomic E-state index is 0.172. The molecule has 152 valence electrons. The molecule has 0 radical (unpaired) electrons. The molecule has 2 atom stereocenters. The molecule has 0 spiro atoms. The average Bonchev–Trinajstić information content (AvgIpc) is 3.15. The first-order valence-corrected chi connectivity index (χ1v) is 9.73. The first-order valence-electron chi connectivity index (χ1n) is 9.73. The molecule has 1 fully saturated rings. The number of ether oxygens (including phenoxy) is 1. The Morgan fingerprint density at radius 1 is 1.03 bits per heavy atom. The van der Waals surface area contributed by atoms with Crippen LogP contribution in [0.1, 0.15) is 24.9 Å². The third-order valence-electron chi connectivity index (χ3n) is 5.38. The number of alkyl halides is 3.